The Hall–Kier alpha value is -4.14. The van der Waals surface area contributed by atoms with Crippen molar-refractivity contribution in [3.8, 4) is 11.8 Å². The van der Waals surface area contributed by atoms with Crippen LogP contribution in [-0.4, -0.2) is 34.2 Å². The zero-order valence-corrected chi connectivity index (χ0v) is 25.6. The molecular weight excluding hydrogens is 569 g/mol. The lowest BCUT2D eigenvalue weighted by Crippen LogP contribution is -2.42. The zero-order valence-electron chi connectivity index (χ0n) is 23.9. The molecular formula is C31H32N6O3S2. The van der Waals surface area contributed by atoms with Crippen LogP contribution in [0.5, 0.6) is 5.75 Å². The molecule has 1 aliphatic carbocycles. The van der Waals surface area contributed by atoms with E-state index in [1.54, 1.807) is 4.90 Å². The van der Waals surface area contributed by atoms with Gasteiger partial charge in [0.15, 0.2) is 10.1 Å². The average Bonchev–Trinajstić information content (AvgIpc) is 3.41. The highest BCUT2D eigenvalue weighted by atomic mass is 32.2. The molecule has 1 aliphatic heterocycles. The van der Waals surface area contributed by atoms with E-state index in [1.807, 2.05) is 76.2 Å². The maximum atomic E-state index is 13.7. The van der Waals surface area contributed by atoms with E-state index in [0.717, 1.165) is 22.5 Å². The number of aromatic nitrogens is 2. The maximum Gasteiger partial charge on any atom is 0.234 e. The summed E-state index contributed by atoms with van der Waals surface area (Å²) in [6.07, 6.45) is 0.932. The number of benzene rings is 2. The summed E-state index contributed by atoms with van der Waals surface area (Å²) in [4.78, 5) is 28.0. The molecule has 2 aliphatic rings. The number of nitrogens with zero attached hydrogens (tertiary/aromatic N) is 4. The molecule has 2 aromatic carbocycles. The number of nitriles is 1. The molecule has 42 heavy (non-hydrogen) atoms. The van der Waals surface area contributed by atoms with Gasteiger partial charge in [-0.05, 0) is 55.5 Å². The number of rotatable bonds is 8. The van der Waals surface area contributed by atoms with Gasteiger partial charge >= 0.3 is 0 Å². The fraction of sp³-hybridized carbons (Fsp3) is 0.323. The molecule has 0 saturated heterocycles. The molecule has 0 bridgehead atoms. The number of ketones is 1. The molecule has 0 fully saturated rings. The summed E-state index contributed by atoms with van der Waals surface area (Å²) in [7, 11) is 0. The second-order valence-electron chi connectivity index (χ2n) is 11.0. The number of nitrogens with two attached hydrogens (primary N) is 1. The predicted octanol–water partition coefficient (Wildman–Crippen LogP) is 5.92. The monoisotopic (exact) mass is 600 g/mol. The van der Waals surface area contributed by atoms with E-state index in [0.29, 0.717) is 40.2 Å². The number of anilines is 2. The van der Waals surface area contributed by atoms with Crippen LogP contribution in [0.1, 0.15) is 50.7 Å². The second-order valence-corrected chi connectivity index (χ2v) is 13.2. The largest absolute Gasteiger partial charge is 0.494 e. The van der Waals surface area contributed by atoms with E-state index in [1.165, 1.54) is 23.1 Å². The summed E-state index contributed by atoms with van der Waals surface area (Å²) in [5, 5.41) is 22.3. The second kappa shape index (κ2) is 12.0. The zero-order chi connectivity index (χ0) is 30.0. The van der Waals surface area contributed by atoms with E-state index < -0.39 is 5.92 Å². The Kier molecular flexibility index (Phi) is 8.38. The molecule has 1 aromatic heterocycles. The minimum absolute atomic E-state index is 0.0164. The smallest absolute Gasteiger partial charge is 0.234 e. The standard InChI is InChI=1S/C31H32N6O3S2/c1-5-40-21-12-8-19(9-13-21)26-22(16-32)28(33)37(23-14-31(3,4)15-24(38)27(23)26)29-35-36-30(42-29)41-17-25(39)34-20-10-6-18(2)7-11-20/h6-13,26H,5,14-15,17,33H2,1-4H3,(H,34,39). The number of amides is 1. The highest BCUT2D eigenvalue weighted by Crippen LogP contribution is 2.50. The van der Waals surface area contributed by atoms with E-state index in [4.69, 9.17) is 10.5 Å². The Morgan fingerprint density at radius 3 is 2.57 bits per heavy atom. The Balaban J connectivity index is 1.45. The van der Waals surface area contributed by atoms with Crippen molar-refractivity contribution < 1.29 is 14.3 Å². The molecule has 216 valence electrons. The van der Waals surface area contributed by atoms with Crippen molar-refractivity contribution in [1.82, 2.24) is 10.2 Å². The van der Waals surface area contributed by atoms with Crippen molar-refractivity contribution in [1.29, 1.82) is 5.26 Å². The molecule has 3 N–H and O–H groups in total. The van der Waals surface area contributed by atoms with Crippen LogP contribution >= 0.6 is 23.1 Å². The highest BCUT2D eigenvalue weighted by molar-refractivity contribution is 8.01. The van der Waals surface area contributed by atoms with Gasteiger partial charge in [0.25, 0.3) is 0 Å². The number of ether oxygens (including phenoxy) is 1. The van der Waals surface area contributed by atoms with Gasteiger partial charge in [0.05, 0.1) is 29.9 Å². The van der Waals surface area contributed by atoms with Crippen molar-refractivity contribution in [2.75, 3.05) is 22.6 Å². The Labute approximate surface area is 253 Å². The summed E-state index contributed by atoms with van der Waals surface area (Å²) in [5.74, 6) is 0.324. The van der Waals surface area contributed by atoms with E-state index in [9.17, 15) is 14.9 Å². The van der Waals surface area contributed by atoms with E-state index in [-0.39, 0.29) is 34.3 Å². The lowest BCUT2D eigenvalue weighted by Gasteiger charge is -2.42. The molecule has 5 rings (SSSR count). The van der Waals surface area contributed by atoms with Gasteiger partial charge in [0, 0.05) is 23.4 Å². The van der Waals surface area contributed by atoms with Gasteiger partial charge in [-0.2, -0.15) is 5.26 Å². The first-order chi connectivity index (χ1) is 20.1. The van der Waals surface area contributed by atoms with Gasteiger partial charge in [0.2, 0.25) is 11.0 Å². The van der Waals surface area contributed by atoms with Crippen molar-refractivity contribution in [3.63, 3.8) is 0 Å². The van der Waals surface area contributed by atoms with E-state index >= 15 is 0 Å². The molecule has 0 spiro atoms. The van der Waals surface area contributed by atoms with Crippen molar-refractivity contribution in [2.45, 2.75) is 50.8 Å². The highest BCUT2D eigenvalue weighted by Gasteiger charge is 2.45. The van der Waals surface area contributed by atoms with Crippen LogP contribution in [-0.2, 0) is 9.59 Å². The number of nitrogens with one attached hydrogen (secondary N) is 1. The van der Waals surface area contributed by atoms with Crippen LogP contribution in [0.4, 0.5) is 10.8 Å². The number of Topliss-reactive ketones (excluding diaryl/α,β-unsaturated/α-hetero) is 1. The topological polar surface area (TPSA) is 134 Å². The lowest BCUT2D eigenvalue weighted by atomic mass is 9.68. The van der Waals surface area contributed by atoms with Crippen LogP contribution < -0.4 is 20.7 Å². The fourth-order valence-corrected chi connectivity index (χ4v) is 6.98. The first kappa shape index (κ1) is 29.4. The lowest BCUT2D eigenvalue weighted by molar-refractivity contribution is -0.118. The van der Waals surface area contributed by atoms with Crippen molar-refractivity contribution in [3.05, 3.63) is 82.3 Å². The number of hydrogen-bond donors (Lipinski definition) is 2. The number of carbonyl (C=O) groups excluding carboxylic acids is 2. The first-order valence-electron chi connectivity index (χ1n) is 13.6. The number of hydrogen-bond acceptors (Lipinski definition) is 10. The normalized spacial score (nSPS) is 18.0. The minimum atomic E-state index is -0.590. The third kappa shape index (κ3) is 6.05. The quantitative estimate of drug-likeness (QED) is 0.302. The van der Waals surface area contributed by atoms with Crippen LogP contribution in [0, 0.1) is 23.7 Å². The Morgan fingerprint density at radius 2 is 1.90 bits per heavy atom. The van der Waals surface area contributed by atoms with Crippen LogP contribution in [0.3, 0.4) is 0 Å². The molecule has 3 aromatic rings. The maximum absolute atomic E-state index is 13.7. The van der Waals surface area contributed by atoms with Gasteiger partial charge in [-0.15, -0.1) is 10.2 Å². The van der Waals surface area contributed by atoms with Gasteiger partial charge in [-0.1, -0.05) is 66.8 Å². The molecule has 0 saturated carbocycles. The molecule has 9 nitrogen and oxygen atoms in total. The average molecular weight is 601 g/mol. The van der Waals surface area contributed by atoms with Crippen molar-refractivity contribution in [2.24, 2.45) is 11.1 Å². The number of aryl methyl sites for hydroxylation is 1. The Bertz CT molecular complexity index is 1620. The minimum Gasteiger partial charge on any atom is -0.494 e. The first-order valence-corrected chi connectivity index (χ1v) is 15.4. The molecule has 1 unspecified atom stereocenters. The third-order valence-corrected chi connectivity index (χ3v) is 9.20. The summed E-state index contributed by atoms with van der Waals surface area (Å²) in [6.45, 7) is 8.54. The SMILES string of the molecule is CCOc1ccc(C2C(C#N)=C(N)N(c3nnc(SCC(=O)Nc4ccc(C)cc4)s3)C3=C2C(=O)CC(C)(C)C3)cc1. The van der Waals surface area contributed by atoms with Gasteiger partial charge < -0.3 is 15.8 Å². The third-order valence-electron chi connectivity index (χ3n) is 7.15. The summed E-state index contributed by atoms with van der Waals surface area (Å²) in [6, 6.07) is 17.3. The number of thioether (sulfide) groups is 1. The molecule has 1 amide bonds. The molecule has 1 atom stereocenters. The van der Waals surface area contributed by atoms with Crippen LogP contribution in [0.15, 0.2) is 75.5 Å². The Morgan fingerprint density at radius 1 is 1.19 bits per heavy atom. The summed E-state index contributed by atoms with van der Waals surface area (Å²) >= 11 is 2.53. The van der Waals surface area contributed by atoms with Gasteiger partial charge in [-0.3, -0.25) is 14.5 Å². The summed E-state index contributed by atoms with van der Waals surface area (Å²) in [5.41, 5.74) is 10.6. The van der Waals surface area contributed by atoms with Crippen LogP contribution in [0.25, 0.3) is 0 Å². The molecule has 0 radical (unpaired) electrons. The van der Waals surface area contributed by atoms with Gasteiger partial charge in [0.1, 0.15) is 11.6 Å². The van der Waals surface area contributed by atoms with Crippen molar-refractivity contribution >= 4 is 45.6 Å². The van der Waals surface area contributed by atoms with Crippen LogP contribution in [0.2, 0.25) is 0 Å². The van der Waals surface area contributed by atoms with Gasteiger partial charge in [-0.25, -0.2) is 0 Å². The predicted molar refractivity (Wildman–Crippen MR) is 165 cm³/mol. The number of allylic oxidation sites excluding steroid dienone is 3. The molecule has 2 heterocycles. The fourth-order valence-electron chi connectivity index (χ4n) is 5.30. The van der Waals surface area contributed by atoms with E-state index in [2.05, 4.69) is 21.6 Å². The number of carbonyl (C=O) groups is 2. The summed E-state index contributed by atoms with van der Waals surface area (Å²) < 4.78 is 6.17. The molecule has 11 heteroatoms.